The van der Waals surface area contributed by atoms with Gasteiger partial charge in [-0.1, -0.05) is 53.4 Å². The molecule has 0 radical (unpaired) electrons. The maximum absolute atomic E-state index is 2.36. The summed E-state index contributed by atoms with van der Waals surface area (Å²) < 4.78 is 0. The van der Waals surface area contributed by atoms with E-state index in [1.54, 1.807) is 24.6 Å². The van der Waals surface area contributed by atoms with Crippen LogP contribution >= 0.6 is 17.2 Å². The third-order valence-electron chi connectivity index (χ3n) is 3.94. The molecule has 0 nitrogen and oxygen atoms in total. The minimum Gasteiger partial charge on any atom is -1.00 e. The maximum atomic E-state index is 2.36. The van der Waals surface area contributed by atoms with Crippen LogP contribution in [0.15, 0.2) is 0 Å². The predicted molar refractivity (Wildman–Crippen MR) is 98.5 cm³/mol. The summed E-state index contributed by atoms with van der Waals surface area (Å²) in [5, 5.41) is 0. The Morgan fingerprint density at radius 3 is 0.850 bits per heavy atom. The Labute approximate surface area is 154 Å². The molecule has 20 heavy (non-hydrogen) atoms. The van der Waals surface area contributed by atoms with Crippen LogP contribution < -0.4 is 34.0 Å². The quantitative estimate of drug-likeness (QED) is 0.365. The number of hydrogen-bond acceptors (Lipinski definition) is 0. The van der Waals surface area contributed by atoms with E-state index < -0.39 is 7.26 Å². The highest BCUT2D eigenvalue weighted by Gasteiger charge is 2.34. The van der Waals surface area contributed by atoms with Crippen LogP contribution in [0.2, 0.25) is 0 Å². The fourth-order valence-corrected chi connectivity index (χ4v) is 7.93. The Morgan fingerprint density at radius 1 is 0.500 bits per heavy atom. The molecule has 0 N–H and O–H groups in total. The van der Waals surface area contributed by atoms with Gasteiger partial charge in [-0.15, -0.1) is 0 Å². The lowest BCUT2D eigenvalue weighted by atomic mass is 10.4. The molecule has 0 aliphatic rings. The predicted octanol–water partition coefficient (Wildman–Crippen LogP) is 0.00280. The van der Waals surface area contributed by atoms with E-state index >= 15 is 0 Å². The number of halogens is 2. The van der Waals surface area contributed by atoms with Crippen LogP contribution in [0.5, 0.6) is 0 Å². The zero-order valence-corrected chi connectivity index (χ0v) is 20.8. The Balaban J connectivity index is -0.000000427. The Hall–Kier alpha value is 1.82. The lowest BCUT2D eigenvalue weighted by Gasteiger charge is -2.28. The first kappa shape index (κ1) is 29.8. The van der Waals surface area contributed by atoms with Crippen molar-refractivity contribution in [1.29, 1.82) is 0 Å². The van der Waals surface area contributed by atoms with Gasteiger partial charge in [0.25, 0.3) is 0 Å². The van der Waals surface area contributed by atoms with E-state index in [-0.39, 0.29) is 43.9 Å². The minimum atomic E-state index is -0.562. The standard InChI is InChI=1S/C16H36P.2BrH.H3P/c1-5-9-13-17(14-10-6-2,15-11-7-3)16-12-8-4;;;/h5-16H2,1-4H3;2*1H;1H3/q+1;;;/p-1. The highest BCUT2D eigenvalue weighted by Crippen LogP contribution is 2.61. The summed E-state index contributed by atoms with van der Waals surface area (Å²) in [4.78, 5) is 0. The largest absolute Gasteiger partial charge is 1.00 e. The van der Waals surface area contributed by atoms with Crippen LogP contribution in [-0.2, 0) is 0 Å². The van der Waals surface area contributed by atoms with Crippen molar-refractivity contribution in [2.75, 3.05) is 24.6 Å². The van der Waals surface area contributed by atoms with Crippen molar-refractivity contribution in [1.82, 2.24) is 0 Å². The summed E-state index contributed by atoms with van der Waals surface area (Å²) >= 11 is 0. The molecule has 0 aromatic heterocycles. The van der Waals surface area contributed by atoms with Crippen LogP contribution in [0, 0.1) is 0 Å². The highest BCUT2D eigenvalue weighted by atomic mass is 79.9. The first-order chi connectivity index (χ1) is 8.24. The Bertz CT molecular complexity index is 129. The van der Waals surface area contributed by atoms with E-state index in [0.717, 1.165) is 0 Å². The molecular formula is C16H40Br2P2. The molecular weight excluding hydrogens is 414 g/mol. The average Bonchev–Trinajstić information content (AvgIpc) is 2.37. The van der Waals surface area contributed by atoms with E-state index in [1.807, 2.05) is 0 Å². The fraction of sp³-hybridized carbons (Fsp3) is 1.00. The van der Waals surface area contributed by atoms with Crippen LogP contribution in [0.4, 0.5) is 0 Å². The van der Waals surface area contributed by atoms with Gasteiger partial charge >= 0.3 is 0 Å². The zero-order chi connectivity index (χ0) is 13.0. The molecule has 4 heteroatoms. The summed E-state index contributed by atoms with van der Waals surface area (Å²) in [6, 6.07) is 0. The van der Waals surface area contributed by atoms with Crippen molar-refractivity contribution in [3.05, 3.63) is 0 Å². The lowest BCUT2D eigenvalue weighted by Crippen LogP contribution is -3.00. The summed E-state index contributed by atoms with van der Waals surface area (Å²) in [7, 11) is -0.562. The van der Waals surface area contributed by atoms with Crippen molar-refractivity contribution >= 4 is 17.2 Å². The molecule has 0 saturated carbocycles. The SMILES string of the molecule is CCCC[P+](CCCC)(CCCC)CCCC.[Br-].[Br-].[PH4+]. The van der Waals surface area contributed by atoms with Gasteiger partial charge in [-0.05, 0) is 35.6 Å². The van der Waals surface area contributed by atoms with Crippen LogP contribution in [0.3, 0.4) is 0 Å². The topological polar surface area (TPSA) is 0 Å². The third-order valence-corrected chi connectivity index (χ3v) is 9.00. The zero-order valence-electron chi connectivity index (χ0n) is 14.7. The van der Waals surface area contributed by atoms with Crippen molar-refractivity contribution in [3.8, 4) is 0 Å². The first-order valence-corrected chi connectivity index (χ1v) is 10.6. The smallest absolute Gasteiger partial charge is 0.0594 e. The van der Waals surface area contributed by atoms with E-state index in [2.05, 4.69) is 27.7 Å². The summed E-state index contributed by atoms with van der Waals surface area (Å²) in [6.07, 6.45) is 17.9. The van der Waals surface area contributed by atoms with Crippen molar-refractivity contribution in [3.63, 3.8) is 0 Å². The number of rotatable bonds is 12. The summed E-state index contributed by atoms with van der Waals surface area (Å²) in [6.45, 7) is 9.42. The molecule has 0 aromatic rings. The molecule has 128 valence electrons. The van der Waals surface area contributed by atoms with Gasteiger partial charge in [-0.3, -0.25) is 0 Å². The van der Waals surface area contributed by atoms with Gasteiger partial charge in [0, 0.05) is 7.26 Å². The minimum absolute atomic E-state index is 0. The van der Waals surface area contributed by atoms with Crippen LogP contribution in [0.25, 0.3) is 0 Å². The second-order valence-electron chi connectivity index (χ2n) is 5.65. The van der Waals surface area contributed by atoms with Gasteiger partial charge < -0.3 is 34.0 Å². The molecule has 0 aliphatic carbocycles. The van der Waals surface area contributed by atoms with Gasteiger partial charge in [-0.25, -0.2) is 0 Å². The average molecular weight is 454 g/mol. The van der Waals surface area contributed by atoms with E-state index in [1.165, 1.54) is 51.4 Å². The molecule has 0 spiro atoms. The fourth-order valence-electron chi connectivity index (χ4n) is 2.64. The highest BCUT2D eigenvalue weighted by molar-refractivity contribution is 7.75. The normalized spacial score (nSPS) is 10.2. The van der Waals surface area contributed by atoms with Crippen molar-refractivity contribution in [2.24, 2.45) is 0 Å². The number of unbranched alkanes of at least 4 members (excludes halogenated alkanes) is 4. The van der Waals surface area contributed by atoms with Gasteiger partial charge in [0.1, 0.15) is 0 Å². The molecule has 0 rings (SSSR count). The molecule has 1 atom stereocenters. The monoisotopic (exact) mass is 452 g/mol. The molecule has 0 bridgehead atoms. The van der Waals surface area contributed by atoms with Crippen LogP contribution in [0.1, 0.15) is 79.1 Å². The van der Waals surface area contributed by atoms with Gasteiger partial charge in [0.15, 0.2) is 0 Å². The van der Waals surface area contributed by atoms with Crippen molar-refractivity contribution in [2.45, 2.75) is 79.1 Å². The third kappa shape index (κ3) is 14.7. The van der Waals surface area contributed by atoms with Gasteiger partial charge in [0.2, 0.25) is 0 Å². The number of hydrogen-bond donors (Lipinski definition) is 0. The first-order valence-electron chi connectivity index (χ1n) is 8.09. The van der Waals surface area contributed by atoms with Crippen molar-refractivity contribution < 1.29 is 34.0 Å². The van der Waals surface area contributed by atoms with Gasteiger partial charge in [-0.2, -0.15) is 0 Å². The summed E-state index contributed by atoms with van der Waals surface area (Å²) in [5.41, 5.74) is 0. The van der Waals surface area contributed by atoms with E-state index in [0.29, 0.717) is 0 Å². The molecule has 0 aromatic carbocycles. The summed E-state index contributed by atoms with van der Waals surface area (Å²) in [5.74, 6) is 0. The molecule has 0 heterocycles. The molecule has 0 saturated heterocycles. The van der Waals surface area contributed by atoms with Crippen LogP contribution in [-0.4, -0.2) is 24.6 Å². The van der Waals surface area contributed by atoms with E-state index in [4.69, 9.17) is 0 Å². The molecule has 1 unspecified atom stereocenters. The molecule has 0 amide bonds. The Morgan fingerprint density at radius 2 is 0.700 bits per heavy atom. The second kappa shape index (κ2) is 20.8. The lowest BCUT2D eigenvalue weighted by molar-refractivity contribution is -0.00100. The van der Waals surface area contributed by atoms with E-state index in [9.17, 15) is 0 Å². The maximum Gasteiger partial charge on any atom is 0.0594 e. The van der Waals surface area contributed by atoms with Gasteiger partial charge in [0.05, 0.1) is 24.6 Å². The molecule has 0 fully saturated rings. The second-order valence-corrected chi connectivity index (χ2v) is 10.1. The Kier molecular flexibility index (Phi) is 31.0. The molecule has 0 aliphatic heterocycles.